The Bertz CT molecular complexity index is 839. The van der Waals surface area contributed by atoms with Gasteiger partial charge in [-0.2, -0.15) is 0 Å². The van der Waals surface area contributed by atoms with Crippen LogP contribution in [0.15, 0.2) is 71.9 Å². The number of carbonyl (C=O) groups excluding carboxylic acids is 1. The van der Waals surface area contributed by atoms with E-state index < -0.39 is 0 Å². The summed E-state index contributed by atoms with van der Waals surface area (Å²) in [5.74, 6) is -0.450. The Hall–Kier alpha value is -2.79. The van der Waals surface area contributed by atoms with Gasteiger partial charge < -0.3 is 9.80 Å². The fourth-order valence-corrected chi connectivity index (χ4v) is 2.92. The molecule has 0 bridgehead atoms. The molecule has 1 aliphatic heterocycles. The van der Waals surface area contributed by atoms with Crippen LogP contribution >= 0.6 is 0 Å². The number of benzene rings is 1. The third-order valence-corrected chi connectivity index (χ3v) is 5.00. The molecular formula is C25H32FN3O. The van der Waals surface area contributed by atoms with E-state index in [0.29, 0.717) is 18.5 Å². The highest BCUT2D eigenvalue weighted by molar-refractivity contribution is 5.89. The number of amides is 1. The molecule has 1 aromatic rings. The lowest BCUT2D eigenvalue weighted by atomic mass is 10.1. The second-order valence-electron chi connectivity index (χ2n) is 7.47. The number of allylic oxidation sites excluding steroid dienone is 3. The molecule has 1 aliphatic rings. The number of hydrogen-bond donors (Lipinski definition) is 0. The molecule has 0 radical (unpaired) electrons. The monoisotopic (exact) mass is 409 g/mol. The number of aliphatic imine (C=N–C) groups is 1. The minimum atomic E-state index is -0.289. The van der Waals surface area contributed by atoms with Crippen molar-refractivity contribution in [1.82, 2.24) is 9.80 Å². The molecule has 4 nitrogen and oxygen atoms in total. The van der Waals surface area contributed by atoms with Crippen LogP contribution in [0.1, 0.15) is 30.9 Å². The summed E-state index contributed by atoms with van der Waals surface area (Å²) in [6.45, 7) is 8.57. The van der Waals surface area contributed by atoms with Gasteiger partial charge >= 0.3 is 0 Å². The molecule has 0 N–H and O–H groups in total. The molecule has 0 aromatic heterocycles. The second-order valence-corrected chi connectivity index (χ2v) is 7.47. The average molecular weight is 410 g/mol. The van der Waals surface area contributed by atoms with Crippen LogP contribution in [0.2, 0.25) is 0 Å². The van der Waals surface area contributed by atoms with Crippen molar-refractivity contribution in [2.75, 3.05) is 26.7 Å². The van der Waals surface area contributed by atoms with E-state index in [-0.39, 0.29) is 18.3 Å². The fourth-order valence-electron chi connectivity index (χ4n) is 2.92. The Labute approximate surface area is 179 Å². The minimum Gasteiger partial charge on any atom is -0.329 e. The first-order valence-electron chi connectivity index (χ1n) is 10.4. The Kier molecular flexibility index (Phi) is 9.95. The predicted octanol–water partition coefficient (Wildman–Crippen LogP) is 4.70. The number of rotatable bonds is 10. The summed E-state index contributed by atoms with van der Waals surface area (Å²) < 4.78 is 14.6. The van der Waals surface area contributed by atoms with Gasteiger partial charge in [-0.25, -0.2) is 4.39 Å². The highest BCUT2D eigenvalue weighted by Gasteiger charge is 2.13. The number of carbonyl (C=O) groups is 1. The van der Waals surface area contributed by atoms with Crippen LogP contribution in [-0.4, -0.2) is 48.6 Å². The van der Waals surface area contributed by atoms with Gasteiger partial charge in [-0.3, -0.25) is 9.79 Å². The molecule has 160 valence electrons. The van der Waals surface area contributed by atoms with Gasteiger partial charge in [0.05, 0.1) is 6.54 Å². The molecule has 5 heteroatoms. The van der Waals surface area contributed by atoms with Gasteiger partial charge in [-0.1, -0.05) is 49.4 Å². The lowest BCUT2D eigenvalue weighted by Gasteiger charge is -2.19. The molecule has 2 rings (SSSR count). The van der Waals surface area contributed by atoms with Gasteiger partial charge in [0.2, 0.25) is 5.91 Å². The van der Waals surface area contributed by atoms with E-state index in [0.717, 1.165) is 31.5 Å². The highest BCUT2D eigenvalue weighted by Crippen LogP contribution is 2.14. The SMILES string of the molecule is C=C(CC)CCN(C)C/C=C\Cc1ccc(CN2CC=N/C=C\C=C\C2=O)c(F)c1. The van der Waals surface area contributed by atoms with Crippen molar-refractivity contribution in [2.24, 2.45) is 4.99 Å². The van der Waals surface area contributed by atoms with Crippen molar-refractivity contribution in [3.63, 3.8) is 0 Å². The van der Waals surface area contributed by atoms with Crippen LogP contribution in [0.5, 0.6) is 0 Å². The van der Waals surface area contributed by atoms with Gasteiger partial charge in [-0.15, -0.1) is 0 Å². The second kappa shape index (κ2) is 12.7. The van der Waals surface area contributed by atoms with E-state index in [2.05, 4.69) is 42.6 Å². The van der Waals surface area contributed by atoms with Crippen LogP contribution in [0.25, 0.3) is 0 Å². The lowest BCUT2D eigenvalue weighted by molar-refractivity contribution is -0.125. The van der Waals surface area contributed by atoms with Gasteiger partial charge in [-0.05, 0) is 44.0 Å². The molecule has 0 fully saturated rings. The largest absolute Gasteiger partial charge is 0.329 e. The summed E-state index contributed by atoms with van der Waals surface area (Å²) in [5.41, 5.74) is 2.69. The third kappa shape index (κ3) is 8.29. The number of halogens is 1. The highest BCUT2D eigenvalue weighted by atomic mass is 19.1. The van der Waals surface area contributed by atoms with Crippen LogP contribution in [0, 0.1) is 5.82 Å². The molecule has 1 amide bonds. The molecule has 0 atom stereocenters. The standard InChI is InChI=1S/C25H32FN3O/c1-4-21(2)13-17-28(3)16-8-6-9-22-11-12-23(24(26)19-22)20-29-18-15-27-14-7-5-10-25(29)30/h5-8,10-12,14-15,19H,2,4,9,13,16-18,20H2,1,3H3/b8-6-,10-5+,14-7-,27-15?. The van der Waals surface area contributed by atoms with Crippen molar-refractivity contribution in [2.45, 2.75) is 32.7 Å². The lowest BCUT2D eigenvalue weighted by Crippen LogP contribution is -2.31. The molecule has 0 saturated carbocycles. The van der Waals surface area contributed by atoms with E-state index in [1.807, 2.05) is 6.07 Å². The molecule has 30 heavy (non-hydrogen) atoms. The summed E-state index contributed by atoms with van der Waals surface area (Å²) >= 11 is 0. The van der Waals surface area contributed by atoms with E-state index >= 15 is 0 Å². The first-order chi connectivity index (χ1) is 14.5. The van der Waals surface area contributed by atoms with E-state index in [1.54, 1.807) is 41.6 Å². The van der Waals surface area contributed by atoms with Crippen molar-refractivity contribution < 1.29 is 9.18 Å². The predicted molar refractivity (Wildman–Crippen MR) is 123 cm³/mol. The molecule has 0 unspecified atom stereocenters. The van der Waals surface area contributed by atoms with E-state index in [4.69, 9.17) is 0 Å². The summed E-state index contributed by atoms with van der Waals surface area (Å²) in [7, 11) is 2.09. The maximum atomic E-state index is 14.6. The minimum absolute atomic E-state index is 0.161. The third-order valence-electron chi connectivity index (χ3n) is 5.00. The quantitative estimate of drug-likeness (QED) is 0.526. The maximum absolute atomic E-state index is 14.6. The van der Waals surface area contributed by atoms with E-state index in [9.17, 15) is 9.18 Å². The number of nitrogens with zero attached hydrogens (tertiary/aromatic N) is 3. The topological polar surface area (TPSA) is 35.9 Å². The summed E-state index contributed by atoms with van der Waals surface area (Å²) in [6, 6.07) is 5.24. The zero-order valence-electron chi connectivity index (χ0n) is 18.1. The molecule has 0 aliphatic carbocycles. The smallest absolute Gasteiger partial charge is 0.247 e. The molecular weight excluding hydrogens is 377 g/mol. The van der Waals surface area contributed by atoms with E-state index in [1.165, 1.54) is 11.6 Å². The zero-order chi connectivity index (χ0) is 21.8. The van der Waals surface area contributed by atoms with Crippen molar-refractivity contribution >= 4 is 12.1 Å². The van der Waals surface area contributed by atoms with Crippen molar-refractivity contribution in [1.29, 1.82) is 0 Å². The maximum Gasteiger partial charge on any atom is 0.247 e. The average Bonchev–Trinajstić information content (AvgIpc) is 2.83. The van der Waals surface area contributed by atoms with Gasteiger partial charge in [0.1, 0.15) is 5.82 Å². The summed E-state index contributed by atoms with van der Waals surface area (Å²) in [4.78, 5) is 20.1. The van der Waals surface area contributed by atoms with Gasteiger partial charge in [0, 0.05) is 43.7 Å². The number of likely N-dealkylation sites (N-methyl/N-ethyl adjacent to an activating group) is 1. The normalized spacial score (nSPS) is 16.5. The van der Waals surface area contributed by atoms with Crippen LogP contribution < -0.4 is 0 Å². The van der Waals surface area contributed by atoms with Crippen LogP contribution in [0.4, 0.5) is 4.39 Å². The Morgan fingerprint density at radius 2 is 2.17 bits per heavy atom. The van der Waals surface area contributed by atoms with Crippen molar-refractivity contribution in [3.05, 3.63) is 83.9 Å². The zero-order valence-corrected chi connectivity index (χ0v) is 18.1. The summed E-state index contributed by atoms with van der Waals surface area (Å²) in [5, 5.41) is 0. The van der Waals surface area contributed by atoms with Crippen LogP contribution in [-0.2, 0) is 17.8 Å². The van der Waals surface area contributed by atoms with Gasteiger partial charge in [0.15, 0.2) is 0 Å². The Balaban J connectivity index is 1.87. The number of hydrogen-bond acceptors (Lipinski definition) is 3. The fraction of sp³-hybridized carbons (Fsp3) is 0.360. The Morgan fingerprint density at radius 3 is 2.93 bits per heavy atom. The van der Waals surface area contributed by atoms with Gasteiger partial charge in [0.25, 0.3) is 0 Å². The first kappa shape index (κ1) is 23.5. The first-order valence-corrected chi connectivity index (χ1v) is 10.4. The molecule has 0 spiro atoms. The molecule has 1 aromatic carbocycles. The molecule has 1 heterocycles. The Morgan fingerprint density at radius 1 is 1.33 bits per heavy atom. The summed E-state index contributed by atoms with van der Waals surface area (Å²) in [6.07, 6.45) is 15.0. The van der Waals surface area contributed by atoms with Crippen molar-refractivity contribution in [3.8, 4) is 0 Å². The molecule has 0 saturated heterocycles. The van der Waals surface area contributed by atoms with Crippen LogP contribution in [0.3, 0.4) is 0 Å².